The van der Waals surface area contributed by atoms with E-state index in [1.165, 1.54) is 32.4 Å². The summed E-state index contributed by atoms with van der Waals surface area (Å²) in [6.07, 6.45) is 4.03. The van der Waals surface area contributed by atoms with Crippen molar-refractivity contribution in [3.8, 4) is 0 Å². The SMILES string of the molecule is CN(CCN1CCCCC1)CC(=O)S. The van der Waals surface area contributed by atoms with Crippen molar-refractivity contribution in [1.29, 1.82) is 0 Å². The van der Waals surface area contributed by atoms with Gasteiger partial charge in [-0.3, -0.25) is 9.69 Å². The number of carbonyl (C=O) groups is 1. The molecule has 1 rings (SSSR count). The van der Waals surface area contributed by atoms with E-state index in [0.717, 1.165) is 13.1 Å². The van der Waals surface area contributed by atoms with E-state index in [9.17, 15) is 4.79 Å². The first kappa shape index (κ1) is 12.0. The molecule has 1 aliphatic heterocycles. The van der Waals surface area contributed by atoms with Gasteiger partial charge in [0, 0.05) is 13.1 Å². The topological polar surface area (TPSA) is 23.6 Å². The van der Waals surface area contributed by atoms with Gasteiger partial charge in [0.15, 0.2) is 5.12 Å². The first-order chi connectivity index (χ1) is 6.68. The van der Waals surface area contributed by atoms with Crippen LogP contribution in [0.1, 0.15) is 19.3 Å². The number of nitrogens with zero attached hydrogens (tertiary/aromatic N) is 2. The fraction of sp³-hybridized carbons (Fsp3) is 0.900. The minimum absolute atomic E-state index is 0.0499. The van der Waals surface area contributed by atoms with Gasteiger partial charge in [-0.15, -0.1) is 12.6 Å². The van der Waals surface area contributed by atoms with Gasteiger partial charge in [-0.2, -0.15) is 0 Å². The molecule has 0 radical (unpaired) electrons. The molecule has 0 aliphatic carbocycles. The normalized spacial score (nSPS) is 18.8. The van der Waals surface area contributed by atoms with Crippen LogP contribution in [0.2, 0.25) is 0 Å². The largest absolute Gasteiger partial charge is 0.302 e. The maximum Gasteiger partial charge on any atom is 0.199 e. The number of piperidine rings is 1. The van der Waals surface area contributed by atoms with Crippen molar-refractivity contribution in [3.63, 3.8) is 0 Å². The summed E-state index contributed by atoms with van der Waals surface area (Å²) in [6, 6.07) is 0. The molecule has 4 heteroatoms. The Bertz CT molecular complexity index is 181. The summed E-state index contributed by atoms with van der Waals surface area (Å²) in [4.78, 5) is 15.2. The molecule has 0 aromatic carbocycles. The van der Waals surface area contributed by atoms with Gasteiger partial charge in [0.25, 0.3) is 0 Å². The molecule has 0 unspecified atom stereocenters. The highest BCUT2D eigenvalue weighted by atomic mass is 32.1. The Labute approximate surface area is 91.9 Å². The van der Waals surface area contributed by atoms with Crippen LogP contribution in [0.4, 0.5) is 0 Å². The Hall–Kier alpha value is -0.0600. The van der Waals surface area contributed by atoms with Crippen LogP contribution >= 0.6 is 12.6 Å². The highest BCUT2D eigenvalue weighted by Crippen LogP contribution is 2.07. The Morgan fingerprint density at radius 3 is 2.57 bits per heavy atom. The van der Waals surface area contributed by atoms with Gasteiger partial charge in [-0.05, 0) is 33.0 Å². The lowest BCUT2D eigenvalue weighted by Crippen LogP contribution is -2.37. The molecule has 0 atom stereocenters. The van der Waals surface area contributed by atoms with Gasteiger partial charge in [0.05, 0.1) is 6.54 Å². The Balaban J connectivity index is 2.09. The lowest BCUT2D eigenvalue weighted by molar-refractivity contribution is -0.111. The zero-order valence-corrected chi connectivity index (χ0v) is 9.80. The van der Waals surface area contributed by atoms with Crippen LogP contribution in [0.25, 0.3) is 0 Å². The summed E-state index contributed by atoms with van der Waals surface area (Å²) in [7, 11) is 1.97. The van der Waals surface area contributed by atoms with Crippen LogP contribution in [0.15, 0.2) is 0 Å². The van der Waals surface area contributed by atoms with Crippen LogP contribution in [0, 0.1) is 0 Å². The molecule has 14 heavy (non-hydrogen) atoms. The molecule has 1 aliphatic rings. The second-order valence-corrected chi connectivity index (χ2v) is 4.53. The Morgan fingerprint density at radius 1 is 1.36 bits per heavy atom. The summed E-state index contributed by atoms with van der Waals surface area (Å²) in [5, 5.41) is -0.0499. The van der Waals surface area contributed by atoms with Crippen LogP contribution in [-0.2, 0) is 4.79 Å². The number of hydrogen-bond donors (Lipinski definition) is 1. The molecule has 0 amide bonds. The Morgan fingerprint density at radius 2 is 2.00 bits per heavy atom. The molecule has 0 bridgehead atoms. The van der Waals surface area contributed by atoms with Crippen molar-refractivity contribution in [2.45, 2.75) is 19.3 Å². The van der Waals surface area contributed by atoms with Crippen molar-refractivity contribution in [2.24, 2.45) is 0 Å². The summed E-state index contributed by atoms with van der Waals surface area (Å²) in [5.74, 6) is 0. The maximum atomic E-state index is 10.7. The van der Waals surface area contributed by atoms with Crippen molar-refractivity contribution >= 4 is 17.7 Å². The molecule has 1 saturated heterocycles. The quantitative estimate of drug-likeness (QED) is 0.690. The summed E-state index contributed by atoms with van der Waals surface area (Å²) >= 11 is 3.76. The van der Waals surface area contributed by atoms with Gasteiger partial charge in [-0.25, -0.2) is 0 Å². The number of thiol groups is 1. The molecule has 82 valence electrons. The highest BCUT2D eigenvalue weighted by molar-refractivity contribution is 7.96. The summed E-state index contributed by atoms with van der Waals surface area (Å²) < 4.78 is 0. The van der Waals surface area contributed by atoms with E-state index >= 15 is 0 Å². The summed E-state index contributed by atoms with van der Waals surface area (Å²) in [6.45, 7) is 4.95. The predicted octanol–water partition coefficient (Wildman–Crippen LogP) is 0.860. The van der Waals surface area contributed by atoms with Gasteiger partial charge >= 0.3 is 0 Å². The van der Waals surface area contributed by atoms with Gasteiger partial charge in [0.1, 0.15) is 0 Å². The van der Waals surface area contributed by atoms with Crippen LogP contribution in [-0.4, -0.2) is 54.7 Å². The fourth-order valence-electron chi connectivity index (χ4n) is 1.81. The minimum Gasteiger partial charge on any atom is -0.302 e. The molecule has 0 saturated carbocycles. The smallest absolute Gasteiger partial charge is 0.199 e. The number of likely N-dealkylation sites (N-methyl/N-ethyl adjacent to an activating group) is 1. The van der Waals surface area contributed by atoms with E-state index in [1.807, 2.05) is 11.9 Å². The number of carbonyl (C=O) groups excluding carboxylic acids is 1. The first-order valence-corrected chi connectivity index (χ1v) is 5.76. The monoisotopic (exact) mass is 216 g/mol. The highest BCUT2D eigenvalue weighted by Gasteiger charge is 2.10. The first-order valence-electron chi connectivity index (χ1n) is 5.31. The third-order valence-corrected chi connectivity index (χ3v) is 2.79. The van der Waals surface area contributed by atoms with Crippen molar-refractivity contribution < 1.29 is 4.79 Å². The van der Waals surface area contributed by atoms with Crippen molar-refractivity contribution in [2.75, 3.05) is 39.8 Å². The molecule has 0 aromatic heterocycles. The average molecular weight is 216 g/mol. The minimum atomic E-state index is -0.0499. The van der Waals surface area contributed by atoms with Gasteiger partial charge < -0.3 is 4.90 Å². The van der Waals surface area contributed by atoms with E-state index in [0.29, 0.717) is 6.54 Å². The van der Waals surface area contributed by atoms with E-state index in [2.05, 4.69) is 17.5 Å². The van der Waals surface area contributed by atoms with Gasteiger partial charge in [-0.1, -0.05) is 6.42 Å². The second kappa shape index (κ2) is 6.43. The van der Waals surface area contributed by atoms with E-state index in [-0.39, 0.29) is 5.12 Å². The van der Waals surface area contributed by atoms with Crippen molar-refractivity contribution in [3.05, 3.63) is 0 Å². The number of likely N-dealkylation sites (tertiary alicyclic amines) is 1. The third-order valence-electron chi connectivity index (χ3n) is 2.65. The zero-order valence-electron chi connectivity index (χ0n) is 8.91. The predicted molar refractivity (Wildman–Crippen MR) is 61.8 cm³/mol. The van der Waals surface area contributed by atoms with E-state index in [4.69, 9.17) is 0 Å². The molecular weight excluding hydrogens is 196 g/mol. The van der Waals surface area contributed by atoms with Crippen LogP contribution < -0.4 is 0 Å². The molecule has 0 N–H and O–H groups in total. The fourth-order valence-corrected chi connectivity index (χ4v) is 2.05. The second-order valence-electron chi connectivity index (χ2n) is 4.03. The molecule has 1 fully saturated rings. The summed E-state index contributed by atoms with van der Waals surface area (Å²) in [5.41, 5.74) is 0. The zero-order chi connectivity index (χ0) is 10.4. The van der Waals surface area contributed by atoms with Crippen LogP contribution in [0.5, 0.6) is 0 Å². The molecular formula is C10H20N2OS. The average Bonchev–Trinajstić information content (AvgIpc) is 2.15. The van der Waals surface area contributed by atoms with E-state index < -0.39 is 0 Å². The number of hydrogen-bond acceptors (Lipinski definition) is 3. The maximum absolute atomic E-state index is 10.7. The van der Waals surface area contributed by atoms with E-state index in [1.54, 1.807) is 0 Å². The molecule has 1 heterocycles. The molecule has 3 nitrogen and oxygen atoms in total. The van der Waals surface area contributed by atoms with Crippen LogP contribution in [0.3, 0.4) is 0 Å². The lowest BCUT2D eigenvalue weighted by atomic mass is 10.1. The number of rotatable bonds is 5. The molecule has 0 aromatic rings. The molecule has 0 spiro atoms. The third kappa shape index (κ3) is 4.98. The lowest BCUT2D eigenvalue weighted by Gasteiger charge is -2.28. The van der Waals surface area contributed by atoms with Gasteiger partial charge in [0.2, 0.25) is 0 Å². The standard InChI is InChI=1S/C10H20N2OS/c1-11(9-10(13)14)7-8-12-5-3-2-4-6-12/h2-9H2,1H3,(H,13,14). The van der Waals surface area contributed by atoms with Crippen molar-refractivity contribution in [1.82, 2.24) is 9.80 Å². The Kier molecular flexibility index (Phi) is 5.52.